The average molecular weight is 445 g/mol. The van der Waals surface area contributed by atoms with Crippen LogP contribution in [0.15, 0.2) is 91.0 Å². The SMILES string of the molecule is O=C(/C=C/C(=O)N[C@@H](Cc1ccccc1)OB(O)O)NCc1cccc(-c2ccccc2)n1. The quantitative estimate of drug-likeness (QED) is 0.214. The molecule has 0 bridgehead atoms. The van der Waals surface area contributed by atoms with E-state index < -0.39 is 25.4 Å². The molecule has 1 atom stereocenters. The summed E-state index contributed by atoms with van der Waals surface area (Å²) in [6, 6.07) is 24.4. The van der Waals surface area contributed by atoms with Gasteiger partial charge in [0.1, 0.15) is 6.23 Å². The molecule has 4 N–H and O–H groups in total. The highest BCUT2D eigenvalue weighted by Crippen LogP contribution is 2.16. The van der Waals surface area contributed by atoms with Gasteiger partial charge >= 0.3 is 7.32 Å². The molecule has 1 aromatic heterocycles. The molecule has 0 aliphatic carbocycles. The molecule has 0 spiro atoms. The van der Waals surface area contributed by atoms with Crippen molar-refractivity contribution in [1.82, 2.24) is 15.6 Å². The number of aromatic nitrogens is 1. The number of nitrogens with one attached hydrogen (secondary N) is 2. The van der Waals surface area contributed by atoms with E-state index in [-0.39, 0.29) is 13.0 Å². The number of pyridine rings is 1. The molecule has 0 radical (unpaired) electrons. The van der Waals surface area contributed by atoms with Gasteiger partial charge in [0.25, 0.3) is 0 Å². The van der Waals surface area contributed by atoms with Crippen LogP contribution in [-0.4, -0.2) is 40.4 Å². The van der Waals surface area contributed by atoms with Crippen LogP contribution < -0.4 is 10.6 Å². The number of rotatable bonds is 10. The van der Waals surface area contributed by atoms with Gasteiger partial charge in [0.05, 0.1) is 17.9 Å². The molecule has 3 rings (SSSR count). The molecule has 0 aliphatic heterocycles. The molecule has 0 aliphatic rings. The van der Waals surface area contributed by atoms with E-state index in [1.807, 2.05) is 72.8 Å². The van der Waals surface area contributed by atoms with E-state index in [0.717, 1.165) is 29.0 Å². The zero-order valence-corrected chi connectivity index (χ0v) is 17.8. The van der Waals surface area contributed by atoms with Crippen LogP contribution in [0.5, 0.6) is 0 Å². The molecule has 1 heterocycles. The van der Waals surface area contributed by atoms with Crippen LogP contribution in [0.2, 0.25) is 0 Å². The van der Waals surface area contributed by atoms with Crippen LogP contribution in [0.3, 0.4) is 0 Å². The lowest BCUT2D eigenvalue weighted by molar-refractivity contribution is -0.120. The first-order valence-electron chi connectivity index (χ1n) is 10.3. The van der Waals surface area contributed by atoms with Crippen LogP contribution in [0.4, 0.5) is 0 Å². The van der Waals surface area contributed by atoms with E-state index >= 15 is 0 Å². The second kappa shape index (κ2) is 12.3. The van der Waals surface area contributed by atoms with E-state index in [9.17, 15) is 9.59 Å². The Labute approximate surface area is 192 Å². The zero-order valence-electron chi connectivity index (χ0n) is 17.8. The number of benzene rings is 2. The Bertz CT molecular complexity index is 1080. The first-order chi connectivity index (χ1) is 16.0. The third-order valence-electron chi connectivity index (χ3n) is 4.56. The lowest BCUT2D eigenvalue weighted by Crippen LogP contribution is -2.41. The van der Waals surface area contributed by atoms with Crippen molar-refractivity contribution < 1.29 is 24.3 Å². The number of carbonyl (C=O) groups excluding carboxylic acids is 2. The van der Waals surface area contributed by atoms with Crippen molar-refractivity contribution in [3.05, 3.63) is 102 Å². The number of hydrogen-bond donors (Lipinski definition) is 4. The normalized spacial score (nSPS) is 11.7. The van der Waals surface area contributed by atoms with Crippen molar-refractivity contribution >= 4 is 19.1 Å². The number of carbonyl (C=O) groups is 2. The summed E-state index contributed by atoms with van der Waals surface area (Å²) in [5.41, 5.74) is 3.28. The topological polar surface area (TPSA) is 121 Å². The maximum atomic E-state index is 12.2. The van der Waals surface area contributed by atoms with Gasteiger partial charge in [-0.05, 0) is 17.7 Å². The van der Waals surface area contributed by atoms with Crippen molar-refractivity contribution in [1.29, 1.82) is 0 Å². The van der Waals surface area contributed by atoms with Gasteiger partial charge in [-0.25, -0.2) is 0 Å². The second-order valence-corrected chi connectivity index (χ2v) is 7.08. The van der Waals surface area contributed by atoms with E-state index in [4.69, 9.17) is 14.7 Å². The van der Waals surface area contributed by atoms with Crippen LogP contribution in [0, 0.1) is 0 Å². The summed E-state index contributed by atoms with van der Waals surface area (Å²) in [5.74, 6) is -1.09. The molecule has 33 heavy (non-hydrogen) atoms. The molecule has 2 amide bonds. The fraction of sp³-hybridized carbons (Fsp3) is 0.125. The second-order valence-electron chi connectivity index (χ2n) is 7.08. The minimum atomic E-state index is -2.05. The summed E-state index contributed by atoms with van der Waals surface area (Å²) in [4.78, 5) is 28.8. The van der Waals surface area contributed by atoms with Gasteiger partial charge < -0.3 is 25.3 Å². The van der Waals surface area contributed by atoms with Gasteiger partial charge in [-0.15, -0.1) is 0 Å². The standard InChI is InChI=1S/C24H24BN3O5/c29-22(26-17-20-12-7-13-21(27-20)19-10-5-2-6-11-19)14-15-23(30)28-24(33-25(31)32)16-18-8-3-1-4-9-18/h1-15,24,31-32H,16-17H2,(H,26,29)(H,28,30)/b15-14+/t24-/m1/s1. The highest BCUT2D eigenvalue weighted by Gasteiger charge is 2.19. The van der Waals surface area contributed by atoms with Crippen LogP contribution in [-0.2, 0) is 27.2 Å². The molecule has 0 unspecified atom stereocenters. The van der Waals surface area contributed by atoms with Crippen molar-refractivity contribution in [3.8, 4) is 11.3 Å². The highest BCUT2D eigenvalue weighted by molar-refractivity contribution is 6.32. The van der Waals surface area contributed by atoms with E-state index in [2.05, 4.69) is 15.6 Å². The Balaban J connectivity index is 1.51. The van der Waals surface area contributed by atoms with Gasteiger partial charge in [-0.2, -0.15) is 0 Å². The van der Waals surface area contributed by atoms with Crippen molar-refractivity contribution in [3.63, 3.8) is 0 Å². The minimum absolute atomic E-state index is 0.196. The lowest BCUT2D eigenvalue weighted by Gasteiger charge is -2.18. The highest BCUT2D eigenvalue weighted by atomic mass is 16.6. The Morgan fingerprint density at radius 2 is 1.58 bits per heavy atom. The van der Waals surface area contributed by atoms with Gasteiger partial charge in [0.2, 0.25) is 11.8 Å². The molecule has 8 nitrogen and oxygen atoms in total. The smallest absolute Gasteiger partial charge is 0.402 e. The summed E-state index contributed by atoms with van der Waals surface area (Å²) in [6.07, 6.45) is 1.37. The Morgan fingerprint density at radius 1 is 0.909 bits per heavy atom. The summed E-state index contributed by atoms with van der Waals surface area (Å²) >= 11 is 0. The molecular formula is C24H24BN3O5. The van der Waals surface area contributed by atoms with Gasteiger partial charge in [0.15, 0.2) is 0 Å². The predicted octanol–water partition coefficient (Wildman–Crippen LogP) is 1.59. The lowest BCUT2D eigenvalue weighted by atomic mass is 10.1. The monoisotopic (exact) mass is 445 g/mol. The van der Waals surface area contributed by atoms with E-state index in [1.54, 1.807) is 6.07 Å². The van der Waals surface area contributed by atoms with Crippen LogP contribution >= 0.6 is 0 Å². The fourth-order valence-corrected chi connectivity index (χ4v) is 3.05. The molecule has 3 aromatic rings. The van der Waals surface area contributed by atoms with E-state index in [0.29, 0.717) is 5.69 Å². The van der Waals surface area contributed by atoms with Crippen molar-refractivity contribution in [2.45, 2.75) is 19.2 Å². The van der Waals surface area contributed by atoms with Gasteiger partial charge in [-0.3, -0.25) is 14.6 Å². The molecular weight excluding hydrogens is 421 g/mol. The largest absolute Gasteiger partial charge is 0.635 e. The minimum Gasteiger partial charge on any atom is -0.402 e. The maximum Gasteiger partial charge on any atom is 0.635 e. The maximum absolute atomic E-state index is 12.2. The average Bonchev–Trinajstić information content (AvgIpc) is 2.82. The Kier molecular flexibility index (Phi) is 8.90. The Hall–Kier alpha value is -3.79. The van der Waals surface area contributed by atoms with Gasteiger partial charge in [0, 0.05) is 24.1 Å². The molecule has 0 saturated heterocycles. The van der Waals surface area contributed by atoms with Gasteiger partial charge in [-0.1, -0.05) is 66.7 Å². The van der Waals surface area contributed by atoms with E-state index in [1.165, 1.54) is 0 Å². The summed E-state index contributed by atoms with van der Waals surface area (Å²) in [6.45, 7) is 0.196. The van der Waals surface area contributed by atoms with Crippen LogP contribution in [0.1, 0.15) is 11.3 Å². The summed E-state index contributed by atoms with van der Waals surface area (Å²) < 4.78 is 4.92. The fourth-order valence-electron chi connectivity index (χ4n) is 3.05. The third kappa shape index (κ3) is 8.34. The first kappa shape index (κ1) is 23.9. The number of amides is 2. The molecule has 9 heteroatoms. The van der Waals surface area contributed by atoms with Crippen LogP contribution in [0.25, 0.3) is 11.3 Å². The predicted molar refractivity (Wildman–Crippen MR) is 124 cm³/mol. The summed E-state index contributed by atoms with van der Waals surface area (Å²) in [5, 5.41) is 23.4. The third-order valence-corrected chi connectivity index (χ3v) is 4.56. The number of nitrogens with zero attached hydrogens (tertiary/aromatic N) is 1. The first-order valence-corrected chi connectivity index (χ1v) is 10.3. The summed E-state index contributed by atoms with van der Waals surface area (Å²) in [7, 11) is -2.05. The molecule has 168 valence electrons. The molecule has 0 saturated carbocycles. The van der Waals surface area contributed by atoms with Crippen molar-refractivity contribution in [2.75, 3.05) is 0 Å². The van der Waals surface area contributed by atoms with Crippen molar-refractivity contribution in [2.24, 2.45) is 0 Å². The Morgan fingerprint density at radius 3 is 2.27 bits per heavy atom. The number of hydrogen-bond acceptors (Lipinski definition) is 6. The molecule has 2 aromatic carbocycles. The zero-order chi connectivity index (χ0) is 23.5. The molecule has 0 fully saturated rings.